The number of nitrogens with zero attached hydrogens (tertiary/aromatic N) is 1. The summed E-state index contributed by atoms with van der Waals surface area (Å²) >= 11 is 0. The van der Waals surface area contributed by atoms with E-state index < -0.39 is 0 Å². The molecule has 2 aliphatic rings. The van der Waals surface area contributed by atoms with Crippen LogP contribution in [0, 0.1) is 11.8 Å². The fraction of sp³-hybridized carbons (Fsp3) is 0.880. The molecule has 2 rings (SSSR count). The lowest BCUT2D eigenvalue weighted by Gasteiger charge is -2.34. The topological polar surface area (TPSA) is 114 Å². The van der Waals surface area contributed by atoms with E-state index in [1.807, 2.05) is 14.1 Å². The second kappa shape index (κ2) is 25.3. The number of nitrogens with one attached hydrogen (secondary N) is 2. The predicted molar refractivity (Wildman–Crippen MR) is 138 cm³/mol. The largest absolute Gasteiger partial charge is 0.379 e. The fourth-order valence-corrected chi connectivity index (χ4v) is 4.15. The molecule has 8 nitrogen and oxygen atoms in total. The molecular formula is C25H54N4O4. The maximum Gasteiger partial charge on any atom is 0.207 e. The third-order valence-electron chi connectivity index (χ3n) is 5.80. The van der Waals surface area contributed by atoms with Gasteiger partial charge in [0.1, 0.15) is 12.6 Å². The number of ether oxygens (including phenoxy) is 1. The summed E-state index contributed by atoms with van der Waals surface area (Å²) in [5.74, 6) is 1.56. The molecule has 198 valence electrons. The molecule has 4 N–H and O–H groups in total. The van der Waals surface area contributed by atoms with Crippen LogP contribution in [0.2, 0.25) is 0 Å². The van der Waals surface area contributed by atoms with Crippen LogP contribution in [0.4, 0.5) is 0 Å². The molecule has 0 aromatic carbocycles. The monoisotopic (exact) mass is 474 g/mol. The van der Waals surface area contributed by atoms with Gasteiger partial charge in [0.05, 0.1) is 12.6 Å². The van der Waals surface area contributed by atoms with E-state index in [0.717, 1.165) is 30.7 Å². The molecule has 33 heavy (non-hydrogen) atoms. The maximum absolute atomic E-state index is 10.5. The van der Waals surface area contributed by atoms with E-state index in [0.29, 0.717) is 31.1 Å². The van der Waals surface area contributed by atoms with Crippen LogP contribution >= 0.6 is 0 Å². The summed E-state index contributed by atoms with van der Waals surface area (Å²) < 4.78 is 5.36. The smallest absolute Gasteiger partial charge is 0.207 e. The van der Waals surface area contributed by atoms with Gasteiger partial charge in [-0.2, -0.15) is 0 Å². The van der Waals surface area contributed by atoms with Crippen LogP contribution in [0.3, 0.4) is 0 Å². The van der Waals surface area contributed by atoms with Crippen molar-refractivity contribution in [2.75, 3.05) is 34.8 Å². The van der Waals surface area contributed by atoms with E-state index in [4.69, 9.17) is 4.74 Å². The summed E-state index contributed by atoms with van der Waals surface area (Å²) in [6, 6.07) is 2.04. The van der Waals surface area contributed by atoms with Gasteiger partial charge in [0, 0.05) is 31.7 Å². The van der Waals surface area contributed by atoms with Crippen molar-refractivity contribution in [3.05, 3.63) is 0 Å². The predicted octanol–water partition coefficient (Wildman–Crippen LogP) is 2.64. The van der Waals surface area contributed by atoms with Crippen LogP contribution in [-0.4, -0.2) is 82.9 Å². The van der Waals surface area contributed by atoms with Gasteiger partial charge in [0.2, 0.25) is 6.41 Å². The van der Waals surface area contributed by atoms with Gasteiger partial charge in [-0.05, 0) is 59.2 Å². The summed E-state index contributed by atoms with van der Waals surface area (Å²) in [6.45, 7) is 11.0. The zero-order valence-corrected chi connectivity index (χ0v) is 22.8. The lowest BCUT2D eigenvalue weighted by Crippen LogP contribution is -2.44. The summed E-state index contributed by atoms with van der Waals surface area (Å²) in [6.07, 6.45) is 9.26. The average molecular weight is 475 g/mol. The highest BCUT2D eigenvalue weighted by atomic mass is 16.5. The van der Waals surface area contributed by atoms with Crippen molar-refractivity contribution in [2.24, 2.45) is 17.6 Å². The van der Waals surface area contributed by atoms with Gasteiger partial charge in [0.25, 0.3) is 0 Å². The molecule has 0 aromatic heterocycles. The Kier molecular flexibility index (Phi) is 27.7. The van der Waals surface area contributed by atoms with Gasteiger partial charge < -0.3 is 35.6 Å². The van der Waals surface area contributed by atoms with E-state index in [1.165, 1.54) is 32.7 Å². The van der Waals surface area contributed by atoms with Crippen molar-refractivity contribution < 1.29 is 19.1 Å². The summed E-state index contributed by atoms with van der Waals surface area (Å²) in [5.41, 5.74) is 4.50. The van der Waals surface area contributed by atoms with E-state index in [-0.39, 0.29) is 12.6 Å². The minimum absolute atomic E-state index is 0.0115. The number of aldehydes is 2. The molecule has 6 unspecified atom stereocenters. The van der Waals surface area contributed by atoms with Gasteiger partial charge >= 0.3 is 0 Å². The van der Waals surface area contributed by atoms with E-state index in [9.17, 15) is 14.4 Å². The summed E-state index contributed by atoms with van der Waals surface area (Å²) in [4.78, 5) is 31.3. The lowest BCUT2D eigenvalue weighted by atomic mass is 9.92. The van der Waals surface area contributed by atoms with Crippen molar-refractivity contribution in [3.63, 3.8) is 0 Å². The first-order valence-electron chi connectivity index (χ1n) is 12.3. The Bertz CT molecular complexity index is 442. The Labute approximate surface area is 203 Å². The van der Waals surface area contributed by atoms with Crippen molar-refractivity contribution >= 4 is 19.0 Å². The van der Waals surface area contributed by atoms with Gasteiger partial charge in [-0.25, -0.2) is 0 Å². The Morgan fingerprint density at radius 2 is 1.70 bits per heavy atom. The molecule has 1 heterocycles. The summed E-state index contributed by atoms with van der Waals surface area (Å²) in [7, 11) is 7.24. The Morgan fingerprint density at radius 1 is 1.12 bits per heavy atom. The fourth-order valence-electron chi connectivity index (χ4n) is 4.15. The molecule has 1 aliphatic carbocycles. The number of hydrogen-bond donors (Lipinski definition) is 3. The van der Waals surface area contributed by atoms with Gasteiger partial charge in [-0.1, -0.05) is 40.5 Å². The van der Waals surface area contributed by atoms with Crippen LogP contribution < -0.4 is 16.4 Å². The highest BCUT2D eigenvalue weighted by molar-refractivity contribution is 5.58. The molecule has 0 radical (unpaired) electrons. The van der Waals surface area contributed by atoms with Crippen molar-refractivity contribution in [1.82, 2.24) is 15.5 Å². The first-order chi connectivity index (χ1) is 15.8. The number of likely N-dealkylation sites (N-methyl/N-ethyl adjacent to an activating group) is 1. The number of carbonyl (C=O) groups excluding carboxylic acids is 3. The molecule has 1 aliphatic heterocycles. The summed E-state index contributed by atoms with van der Waals surface area (Å²) in [5, 5.41) is 5.70. The minimum atomic E-state index is 0.0115. The maximum atomic E-state index is 10.5. The molecule has 6 atom stereocenters. The Balaban J connectivity index is -0.000000398. The van der Waals surface area contributed by atoms with Crippen LogP contribution in [0.5, 0.6) is 0 Å². The Morgan fingerprint density at radius 3 is 1.91 bits per heavy atom. The number of rotatable bonds is 10. The van der Waals surface area contributed by atoms with Gasteiger partial charge in [0.15, 0.2) is 0 Å². The van der Waals surface area contributed by atoms with E-state index >= 15 is 0 Å². The molecule has 1 amide bonds. The van der Waals surface area contributed by atoms with Crippen molar-refractivity contribution in [3.8, 4) is 0 Å². The zero-order valence-electron chi connectivity index (χ0n) is 22.8. The molecule has 0 spiro atoms. The molecule has 0 aromatic rings. The van der Waals surface area contributed by atoms with Crippen LogP contribution in [0.25, 0.3) is 0 Å². The number of carbonyl (C=O) groups is 3. The third-order valence-corrected chi connectivity index (χ3v) is 5.80. The molecule has 8 heteroatoms. The third kappa shape index (κ3) is 17.7. The van der Waals surface area contributed by atoms with E-state index in [1.54, 1.807) is 7.11 Å². The second-order valence-corrected chi connectivity index (χ2v) is 8.64. The second-order valence-electron chi connectivity index (χ2n) is 8.64. The number of hydrogen-bond acceptors (Lipinski definition) is 7. The number of nitrogens with two attached hydrogens (primary N) is 1. The zero-order chi connectivity index (χ0) is 26.2. The molecule has 2 fully saturated rings. The minimum Gasteiger partial charge on any atom is -0.379 e. The van der Waals surface area contributed by atoms with Crippen LogP contribution in [0.15, 0.2) is 0 Å². The molecular weight excluding hydrogens is 420 g/mol. The number of amides is 1. The molecule has 1 saturated heterocycles. The van der Waals surface area contributed by atoms with Crippen LogP contribution in [-0.2, 0) is 19.1 Å². The van der Waals surface area contributed by atoms with E-state index in [2.05, 4.69) is 55.9 Å². The van der Waals surface area contributed by atoms with Crippen LogP contribution in [0.1, 0.15) is 73.1 Å². The first kappa shape index (κ1) is 36.2. The normalized spacial score (nSPS) is 22.3. The Hall–Kier alpha value is -1.35. The SMILES string of the molecule is CC1NC2CCC1C2.CCC.CCC(C)C(C(CC=O)OC)N(C)C.CN.O=CCNC=O. The number of piperidine rings is 1. The van der Waals surface area contributed by atoms with Gasteiger partial charge in [-0.15, -0.1) is 0 Å². The van der Waals surface area contributed by atoms with Crippen molar-refractivity contribution in [2.45, 2.75) is 97.4 Å². The number of fused-ring (bicyclic) bond motifs is 2. The number of methoxy groups -OCH3 is 1. The standard InChI is InChI=1S/C11H23NO2.C7H13N.C3H5NO2.C3H8.CH5N/c1-6-9(2)11(12(3)4)10(14-5)7-8-13;1-5-6-2-3-7(4-6)8-5;5-2-1-4-3-6;1-3-2;1-2/h8-11H,6-7H2,1-5H3;5-8H,2-4H2,1H3;2-3H,1H2,(H,4,6);3H2,1-2H3;2H2,1H3. The first-order valence-corrected chi connectivity index (χ1v) is 12.3. The highest BCUT2D eigenvalue weighted by Crippen LogP contribution is 2.34. The van der Waals surface area contributed by atoms with Gasteiger partial charge in [-0.3, -0.25) is 4.79 Å². The average Bonchev–Trinajstić information content (AvgIpc) is 3.42. The molecule has 2 bridgehead atoms. The quantitative estimate of drug-likeness (QED) is 0.329. The van der Waals surface area contributed by atoms with Crippen molar-refractivity contribution in [1.29, 1.82) is 0 Å². The highest BCUT2D eigenvalue weighted by Gasteiger charge is 2.36. The lowest BCUT2D eigenvalue weighted by molar-refractivity contribution is -0.113. The molecule has 1 saturated carbocycles.